The van der Waals surface area contributed by atoms with E-state index in [2.05, 4.69) is 11.5 Å². The van der Waals surface area contributed by atoms with Crippen LogP contribution in [0.2, 0.25) is 19.6 Å². The van der Waals surface area contributed by atoms with Crippen LogP contribution in [0.1, 0.15) is 39.0 Å². The van der Waals surface area contributed by atoms with Crippen LogP contribution in [0.5, 0.6) is 0 Å². The maximum atomic E-state index is 13.8. The lowest BCUT2D eigenvalue weighted by Crippen LogP contribution is -2.60. The van der Waals surface area contributed by atoms with Crippen molar-refractivity contribution >= 4 is 8.07 Å². The van der Waals surface area contributed by atoms with Crippen molar-refractivity contribution in [2.75, 3.05) is 0 Å². The summed E-state index contributed by atoms with van der Waals surface area (Å²) in [6, 6.07) is 0. The number of hydrogen-bond donors (Lipinski definition) is 0. The Morgan fingerprint density at radius 1 is 0.815 bits per heavy atom. The van der Waals surface area contributed by atoms with Crippen LogP contribution in [0.3, 0.4) is 0 Å². The average molecular weight is 426 g/mol. The molecule has 0 unspecified atom stereocenters. The van der Waals surface area contributed by atoms with Gasteiger partial charge in [-0.2, -0.15) is 39.5 Å². The molecule has 0 bridgehead atoms. The molecular formula is C17H23F9Si. The molecule has 0 nitrogen and oxygen atoms in total. The molecule has 0 aromatic rings. The van der Waals surface area contributed by atoms with Crippen molar-refractivity contribution in [3.63, 3.8) is 0 Å². The lowest BCUT2D eigenvalue weighted by molar-refractivity contribution is -0.388. The van der Waals surface area contributed by atoms with Gasteiger partial charge in [-0.25, -0.2) is 0 Å². The summed E-state index contributed by atoms with van der Waals surface area (Å²) < 4.78 is 117. The highest BCUT2D eigenvalue weighted by Crippen LogP contribution is 2.53. The van der Waals surface area contributed by atoms with Gasteiger partial charge in [-0.05, 0) is 12.8 Å². The molecular weight excluding hydrogens is 403 g/mol. The summed E-state index contributed by atoms with van der Waals surface area (Å²) in [5.41, 5.74) is 2.08. The SMILES string of the molecule is CCCCCC/C(C#C[Si](C)(C)C)=C\C(F)(F)C(F)(F)C(F)(F)C(F)(F)F. The van der Waals surface area contributed by atoms with E-state index < -0.39 is 43.7 Å². The number of allylic oxidation sites excluding steroid dienone is 2. The second-order valence-electron chi connectivity index (χ2n) is 7.25. The molecule has 27 heavy (non-hydrogen) atoms. The molecule has 0 saturated carbocycles. The molecule has 0 aromatic heterocycles. The second-order valence-corrected chi connectivity index (χ2v) is 12.0. The Bertz CT molecular complexity index is 572. The topological polar surface area (TPSA) is 0 Å². The Kier molecular flexibility index (Phi) is 8.56. The van der Waals surface area contributed by atoms with Gasteiger partial charge in [-0.3, -0.25) is 0 Å². The van der Waals surface area contributed by atoms with Gasteiger partial charge in [-0.1, -0.05) is 51.7 Å². The monoisotopic (exact) mass is 426 g/mol. The summed E-state index contributed by atoms with van der Waals surface area (Å²) in [4.78, 5) is 0. The fraction of sp³-hybridized carbons (Fsp3) is 0.765. The predicted octanol–water partition coefficient (Wildman–Crippen LogP) is 7.23. The molecule has 10 heteroatoms. The van der Waals surface area contributed by atoms with E-state index >= 15 is 0 Å². The van der Waals surface area contributed by atoms with E-state index in [0.717, 1.165) is 12.8 Å². The molecule has 0 N–H and O–H groups in total. The lowest BCUT2D eigenvalue weighted by atomic mass is 9.99. The molecule has 0 aliphatic carbocycles. The van der Waals surface area contributed by atoms with Crippen LogP contribution < -0.4 is 0 Å². The zero-order valence-corrected chi connectivity index (χ0v) is 16.5. The van der Waals surface area contributed by atoms with Crippen LogP contribution in [0.15, 0.2) is 11.6 Å². The van der Waals surface area contributed by atoms with Gasteiger partial charge in [0.15, 0.2) is 0 Å². The Balaban J connectivity index is 5.94. The van der Waals surface area contributed by atoms with Crippen molar-refractivity contribution in [1.29, 1.82) is 0 Å². The minimum absolute atomic E-state index is 0.208. The van der Waals surface area contributed by atoms with Crippen LogP contribution in [0, 0.1) is 11.5 Å². The zero-order chi connectivity index (χ0) is 21.7. The Morgan fingerprint density at radius 2 is 1.33 bits per heavy atom. The Hall–Kier alpha value is -1.11. The average Bonchev–Trinajstić information content (AvgIpc) is 2.46. The third-order valence-corrected chi connectivity index (χ3v) is 4.30. The van der Waals surface area contributed by atoms with Crippen LogP contribution in [-0.2, 0) is 0 Å². The number of unbranched alkanes of at least 4 members (excludes halogenated alkanes) is 3. The molecule has 0 heterocycles. The third-order valence-electron chi connectivity index (χ3n) is 3.42. The summed E-state index contributed by atoms with van der Waals surface area (Å²) >= 11 is 0. The fourth-order valence-electron chi connectivity index (χ4n) is 1.88. The largest absolute Gasteiger partial charge is 0.460 e. The normalized spacial score (nSPS) is 14.8. The highest BCUT2D eigenvalue weighted by molar-refractivity contribution is 6.83. The van der Waals surface area contributed by atoms with Crippen molar-refractivity contribution in [3.8, 4) is 11.5 Å². The summed E-state index contributed by atoms with van der Waals surface area (Å²) in [7, 11) is -2.12. The van der Waals surface area contributed by atoms with Gasteiger partial charge < -0.3 is 0 Å². The van der Waals surface area contributed by atoms with Crippen molar-refractivity contribution in [3.05, 3.63) is 11.6 Å². The van der Waals surface area contributed by atoms with Gasteiger partial charge >= 0.3 is 23.9 Å². The van der Waals surface area contributed by atoms with E-state index in [1.807, 2.05) is 6.92 Å². The molecule has 0 aromatic carbocycles. The summed E-state index contributed by atoms with van der Waals surface area (Å²) in [5, 5.41) is 0. The van der Waals surface area contributed by atoms with E-state index in [1.165, 1.54) is 0 Å². The first-order valence-electron chi connectivity index (χ1n) is 8.34. The summed E-state index contributed by atoms with van der Waals surface area (Å²) in [6.07, 6.45) is -5.20. The van der Waals surface area contributed by atoms with Gasteiger partial charge in [0.2, 0.25) is 0 Å². The first kappa shape index (κ1) is 25.9. The molecule has 158 valence electrons. The van der Waals surface area contributed by atoms with Gasteiger partial charge in [-0.15, -0.1) is 5.54 Å². The van der Waals surface area contributed by atoms with Crippen molar-refractivity contribution in [1.82, 2.24) is 0 Å². The lowest BCUT2D eigenvalue weighted by Gasteiger charge is -2.32. The maximum absolute atomic E-state index is 13.8. The van der Waals surface area contributed by atoms with E-state index in [0.29, 0.717) is 6.42 Å². The molecule has 0 amide bonds. The molecule has 0 rings (SSSR count). The quantitative estimate of drug-likeness (QED) is 0.166. The minimum Gasteiger partial charge on any atom is -0.195 e. The first-order chi connectivity index (χ1) is 11.9. The molecule has 0 fully saturated rings. The second kappa shape index (κ2) is 8.93. The van der Waals surface area contributed by atoms with E-state index in [9.17, 15) is 39.5 Å². The van der Waals surface area contributed by atoms with Crippen molar-refractivity contribution < 1.29 is 39.5 Å². The van der Waals surface area contributed by atoms with Crippen LogP contribution >= 0.6 is 0 Å². The first-order valence-corrected chi connectivity index (χ1v) is 11.8. The predicted molar refractivity (Wildman–Crippen MR) is 88.9 cm³/mol. The molecule has 0 aliphatic rings. The Morgan fingerprint density at radius 3 is 1.74 bits per heavy atom. The minimum atomic E-state index is -6.89. The van der Waals surface area contributed by atoms with Crippen LogP contribution in [-0.4, -0.2) is 32.0 Å². The molecule has 0 spiro atoms. The fourth-order valence-corrected chi connectivity index (χ4v) is 2.41. The van der Waals surface area contributed by atoms with E-state index in [1.54, 1.807) is 19.6 Å². The summed E-state index contributed by atoms with van der Waals surface area (Å²) in [5.74, 6) is -17.0. The molecule has 0 radical (unpaired) electrons. The number of alkyl halides is 9. The number of rotatable bonds is 8. The molecule has 0 aliphatic heterocycles. The van der Waals surface area contributed by atoms with Gasteiger partial charge in [0.25, 0.3) is 0 Å². The van der Waals surface area contributed by atoms with E-state index in [-0.39, 0.29) is 12.8 Å². The molecule has 0 saturated heterocycles. The van der Waals surface area contributed by atoms with Crippen molar-refractivity contribution in [2.24, 2.45) is 0 Å². The van der Waals surface area contributed by atoms with Crippen molar-refractivity contribution in [2.45, 2.75) is 82.6 Å². The van der Waals surface area contributed by atoms with Crippen LogP contribution in [0.4, 0.5) is 39.5 Å². The third kappa shape index (κ3) is 7.09. The number of halogens is 9. The Labute approximate surface area is 154 Å². The highest BCUT2D eigenvalue weighted by Gasteiger charge is 2.81. The maximum Gasteiger partial charge on any atom is 0.460 e. The van der Waals surface area contributed by atoms with E-state index in [4.69, 9.17) is 0 Å². The van der Waals surface area contributed by atoms with Gasteiger partial charge in [0, 0.05) is 11.6 Å². The summed E-state index contributed by atoms with van der Waals surface area (Å²) in [6.45, 7) is 7.08. The smallest absolute Gasteiger partial charge is 0.195 e. The van der Waals surface area contributed by atoms with Gasteiger partial charge in [0.05, 0.1) is 0 Å². The van der Waals surface area contributed by atoms with Crippen LogP contribution in [0.25, 0.3) is 0 Å². The van der Waals surface area contributed by atoms with Gasteiger partial charge in [0.1, 0.15) is 8.07 Å². The highest BCUT2D eigenvalue weighted by atomic mass is 28.3. The number of hydrogen-bond acceptors (Lipinski definition) is 0. The standard InChI is InChI=1S/C17H23F9Si/c1-5-6-7-8-9-13(10-11-27(2,3)4)12-14(18,19)15(20,21)16(22,23)17(24,25)26/h12H,5-9H2,1-4H3/b13-12+. The molecule has 0 atom stereocenters. The zero-order valence-electron chi connectivity index (χ0n) is 15.5.